The maximum absolute atomic E-state index is 13.0. The lowest BCUT2D eigenvalue weighted by molar-refractivity contribution is 0.0919. The Morgan fingerprint density at radius 1 is 1.25 bits per heavy atom. The molecule has 1 aromatic carbocycles. The molecule has 0 saturated carbocycles. The number of nitrogens with zero attached hydrogens (tertiary/aromatic N) is 4. The molecule has 1 N–H and O–H groups in total. The maximum Gasteiger partial charge on any atom is 0.315 e. The van der Waals surface area contributed by atoms with Gasteiger partial charge in [-0.15, -0.1) is 0 Å². The van der Waals surface area contributed by atoms with Crippen LogP contribution in [0.1, 0.15) is 16.5 Å². The second kappa shape index (κ2) is 6.41. The minimum absolute atomic E-state index is 0.0611. The Balaban J connectivity index is 1.89. The summed E-state index contributed by atoms with van der Waals surface area (Å²) in [6.07, 6.45) is 0. The van der Waals surface area contributed by atoms with E-state index in [0.29, 0.717) is 11.3 Å². The van der Waals surface area contributed by atoms with Crippen LogP contribution >= 0.6 is 0 Å². The van der Waals surface area contributed by atoms with Crippen molar-refractivity contribution in [2.75, 3.05) is 7.05 Å². The summed E-state index contributed by atoms with van der Waals surface area (Å²) in [6, 6.07) is 8.61. The molecule has 0 atom stereocenters. The highest BCUT2D eigenvalue weighted by atomic mass is 19.1. The van der Waals surface area contributed by atoms with Crippen LogP contribution in [0.3, 0.4) is 0 Å². The van der Waals surface area contributed by atoms with E-state index in [4.69, 9.17) is 4.52 Å². The summed E-state index contributed by atoms with van der Waals surface area (Å²) in [5.41, 5.74) is 0.779. The van der Waals surface area contributed by atoms with Gasteiger partial charge in [0.15, 0.2) is 5.82 Å². The van der Waals surface area contributed by atoms with E-state index in [2.05, 4.69) is 20.6 Å². The first-order valence-corrected chi connectivity index (χ1v) is 6.95. The number of halogens is 1. The highest BCUT2D eigenvalue weighted by molar-refractivity contribution is 5.89. The predicted octanol–water partition coefficient (Wildman–Crippen LogP) is 0.840. The first-order chi connectivity index (χ1) is 11.6. The van der Waals surface area contributed by atoms with Gasteiger partial charge in [0.25, 0.3) is 5.56 Å². The molecule has 0 spiro atoms. The van der Waals surface area contributed by atoms with Gasteiger partial charge in [-0.1, -0.05) is 5.16 Å². The molecule has 0 aliphatic rings. The lowest BCUT2D eigenvalue weighted by Gasteiger charge is -2.05. The highest BCUT2D eigenvalue weighted by Crippen LogP contribution is 2.15. The second-order valence-corrected chi connectivity index (χ2v) is 4.82. The van der Waals surface area contributed by atoms with Gasteiger partial charge in [-0.2, -0.15) is 10.1 Å². The number of hydrogen-bond donors (Lipinski definition) is 1. The Kier molecular flexibility index (Phi) is 4.15. The Hall–Kier alpha value is -3.36. The van der Waals surface area contributed by atoms with Crippen molar-refractivity contribution in [1.82, 2.24) is 25.2 Å². The molecule has 0 aliphatic carbocycles. The van der Waals surface area contributed by atoms with Crippen molar-refractivity contribution in [2.45, 2.75) is 6.54 Å². The van der Waals surface area contributed by atoms with Gasteiger partial charge in [0.1, 0.15) is 12.4 Å². The quantitative estimate of drug-likeness (QED) is 0.761. The Labute approximate surface area is 134 Å². The minimum Gasteiger partial charge on any atom is -0.351 e. The van der Waals surface area contributed by atoms with Crippen LogP contribution < -0.4 is 10.9 Å². The minimum atomic E-state index is -0.519. The van der Waals surface area contributed by atoms with E-state index in [0.717, 1.165) is 4.68 Å². The largest absolute Gasteiger partial charge is 0.351 e. The van der Waals surface area contributed by atoms with Crippen LogP contribution in [0, 0.1) is 5.82 Å². The molecule has 2 aromatic heterocycles. The fourth-order valence-electron chi connectivity index (χ4n) is 1.99. The van der Waals surface area contributed by atoms with Gasteiger partial charge in [0.05, 0.1) is 5.69 Å². The molecular weight excluding hydrogens is 317 g/mol. The number of nitrogens with one attached hydrogen (secondary N) is 1. The number of aromatic nitrogens is 4. The number of benzene rings is 1. The zero-order chi connectivity index (χ0) is 17.1. The van der Waals surface area contributed by atoms with Gasteiger partial charge in [-0.3, -0.25) is 9.59 Å². The van der Waals surface area contributed by atoms with Gasteiger partial charge < -0.3 is 9.84 Å². The molecule has 0 unspecified atom stereocenters. The molecule has 0 saturated heterocycles. The average molecular weight is 329 g/mol. The Morgan fingerprint density at radius 2 is 2.00 bits per heavy atom. The third-order valence-electron chi connectivity index (χ3n) is 3.19. The zero-order valence-electron chi connectivity index (χ0n) is 12.6. The van der Waals surface area contributed by atoms with E-state index in [9.17, 15) is 14.0 Å². The topological polar surface area (TPSA) is 103 Å². The van der Waals surface area contributed by atoms with E-state index in [1.165, 1.54) is 31.3 Å². The SMILES string of the molecule is CNC(=O)c1nc(Cn2nc(-c3ccc(F)cc3)ccc2=O)no1. The summed E-state index contributed by atoms with van der Waals surface area (Å²) in [5, 5.41) is 10.2. The van der Waals surface area contributed by atoms with Crippen molar-refractivity contribution in [3.63, 3.8) is 0 Å². The van der Waals surface area contributed by atoms with Gasteiger partial charge in [0.2, 0.25) is 0 Å². The fraction of sp³-hybridized carbons (Fsp3) is 0.133. The third kappa shape index (κ3) is 3.19. The van der Waals surface area contributed by atoms with Crippen molar-refractivity contribution in [2.24, 2.45) is 0 Å². The van der Waals surface area contributed by atoms with Crippen molar-refractivity contribution >= 4 is 5.91 Å². The van der Waals surface area contributed by atoms with Crippen LogP contribution in [0.25, 0.3) is 11.3 Å². The van der Waals surface area contributed by atoms with Crippen molar-refractivity contribution < 1.29 is 13.7 Å². The van der Waals surface area contributed by atoms with Crippen molar-refractivity contribution in [1.29, 1.82) is 0 Å². The molecule has 9 heteroatoms. The summed E-state index contributed by atoms with van der Waals surface area (Å²) < 4.78 is 18.9. The molecule has 3 aromatic rings. The Morgan fingerprint density at radius 3 is 2.71 bits per heavy atom. The van der Waals surface area contributed by atoms with Crippen LogP contribution in [0.4, 0.5) is 4.39 Å². The first-order valence-electron chi connectivity index (χ1n) is 6.95. The third-order valence-corrected chi connectivity index (χ3v) is 3.19. The summed E-state index contributed by atoms with van der Waals surface area (Å²) in [7, 11) is 1.43. The Bertz CT molecular complexity index is 933. The average Bonchev–Trinajstić information content (AvgIpc) is 3.05. The molecule has 24 heavy (non-hydrogen) atoms. The first kappa shape index (κ1) is 15.5. The normalized spacial score (nSPS) is 10.6. The van der Waals surface area contributed by atoms with E-state index in [1.807, 2.05) is 0 Å². The molecule has 1 amide bonds. The molecule has 122 valence electrons. The predicted molar refractivity (Wildman–Crippen MR) is 80.7 cm³/mol. The molecule has 0 aliphatic heterocycles. The molecule has 2 heterocycles. The number of rotatable bonds is 4. The number of carbonyl (C=O) groups excluding carboxylic acids is 1. The van der Waals surface area contributed by atoms with E-state index < -0.39 is 5.91 Å². The van der Waals surface area contributed by atoms with E-state index in [-0.39, 0.29) is 29.6 Å². The summed E-state index contributed by atoms with van der Waals surface area (Å²) in [6.45, 7) is -0.0611. The molecule has 0 radical (unpaired) electrons. The van der Waals surface area contributed by atoms with Gasteiger partial charge in [-0.05, 0) is 30.3 Å². The van der Waals surface area contributed by atoms with Crippen LogP contribution in [0.2, 0.25) is 0 Å². The van der Waals surface area contributed by atoms with Gasteiger partial charge in [-0.25, -0.2) is 9.07 Å². The fourth-order valence-corrected chi connectivity index (χ4v) is 1.99. The van der Waals surface area contributed by atoms with Gasteiger partial charge in [0, 0.05) is 18.7 Å². The molecular formula is C15H12FN5O3. The highest BCUT2D eigenvalue weighted by Gasteiger charge is 2.14. The molecule has 0 bridgehead atoms. The zero-order valence-corrected chi connectivity index (χ0v) is 12.6. The number of hydrogen-bond acceptors (Lipinski definition) is 6. The van der Waals surface area contributed by atoms with Crippen LogP contribution in [0.5, 0.6) is 0 Å². The number of carbonyl (C=O) groups is 1. The smallest absolute Gasteiger partial charge is 0.315 e. The molecule has 0 fully saturated rings. The molecule has 3 rings (SSSR count). The standard InChI is InChI=1S/C15H12FN5O3/c1-17-14(23)15-18-12(20-24-15)8-21-13(22)7-6-11(19-21)9-2-4-10(16)5-3-9/h2-7H,8H2,1H3,(H,17,23). The lowest BCUT2D eigenvalue weighted by atomic mass is 10.1. The van der Waals surface area contributed by atoms with Gasteiger partial charge >= 0.3 is 11.8 Å². The van der Waals surface area contributed by atoms with Crippen molar-refractivity contribution in [3.8, 4) is 11.3 Å². The van der Waals surface area contributed by atoms with Crippen molar-refractivity contribution in [3.05, 3.63) is 64.3 Å². The molecule has 8 nitrogen and oxygen atoms in total. The summed E-state index contributed by atoms with van der Waals surface area (Å²) in [4.78, 5) is 27.2. The van der Waals surface area contributed by atoms with E-state index in [1.54, 1.807) is 12.1 Å². The van der Waals surface area contributed by atoms with Crippen LogP contribution in [0.15, 0.2) is 45.7 Å². The summed E-state index contributed by atoms with van der Waals surface area (Å²) in [5.74, 6) is -0.940. The summed E-state index contributed by atoms with van der Waals surface area (Å²) >= 11 is 0. The van der Waals surface area contributed by atoms with Crippen LogP contribution in [-0.2, 0) is 6.54 Å². The maximum atomic E-state index is 13.0. The van der Waals surface area contributed by atoms with Crippen LogP contribution in [-0.4, -0.2) is 32.9 Å². The lowest BCUT2D eigenvalue weighted by Crippen LogP contribution is -2.23. The second-order valence-electron chi connectivity index (χ2n) is 4.82. The van der Waals surface area contributed by atoms with E-state index >= 15 is 0 Å². The number of amides is 1. The monoisotopic (exact) mass is 329 g/mol.